The molecule has 0 bridgehead atoms. The Morgan fingerprint density at radius 2 is 1.82 bits per heavy atom. The molecule has 1 aromatic carbocycles. The van der Waals surface area contributed by atoms with Gasteiger partial charge in [-0.2, -0.15) is 0 Å². The van der Waals surface area contributed by atoms with Gasteiger partial charge in [-0.25, -0.2) is 0 Å². The van der Waals surface area contributed by atoms with E-state index in [4.69, 9.17) is 11.6 Å². The summed E-state index contributed by atoms with van der Waals surface area (Å²) in [4.78, 5) is 29.4. The Bertz CT molecular complexity index is 774. The van der Waals surface area contributed by atoms with Gasteiger partial charge in [-0.1, -0.05) is 49.1 Å². The lowest BCUT2D eigenvalue weighted by atomic mass is 9.93. The number of carbonyl (C=O) groups excluding carboxylic acids is 2. The molecule has 1 aliphatic carbocycles. The van der Waals surface area contributed by atoms with E-state index in [1.54, 1.807) is 18.3 Å². The molecule has 1 aliphatic rings. The highest BCUT2D eigenvalue weighted by molar-refractivity contribution is 6.30. The van der Waals surface area contributed by atoms with Gasteiger partial charge in [0.15, 0.2) is 0 Å². The first-order valence-corrected chi connectivity index (χ1v) is 10.2. The molecule has 3 rings (SSSR count). The Hall–Kier alpha value is -2.40. The molecule has 1 heterocycles. The van der Waals surface area contributed by atoms with Crippen LogP contribution in [-0.4, -0.2) is 29.4 Å². The fourth-order valence-corrected chi connectivity index (χ4v) is 3.73. The number of aromatic nitrogens is 1. The first kappa shape index (κ1) is 20.3. The zero-order chi connectivity index (χ0) is 19.8. The molecule has 148 valence electrons. The second-order valence-corrected chi connectivity index (χ2v) is 7.69. The van der Waals surface area contributed by atoms with E-state index in [9.17, 15) is 9.59 Å². The predicted octanol–water partition coefficient (Wildman–Crippen LogP) is 3.63. The summed E-state index contributed by atoms with van der Waals surface area (Å²) in [5.74, 6) is -0.755. The molecular formula is C22H26ClN3O2. The molecule has 2 N–H and O–H groups in total. The minimum absolute atomic E-state index is 0.0123. The molecule has 28 heavy (non-hydrogen) atoms. The van der Waals surface area contributed by atoms with Crippen LogP contribution in [0.4, 0.5) is 0 Å². The van der Waals surface area contributed by atoms with Gasteiger partial charge in [-0.15, -0.1) is 0 Å². The molecule has 1 saturated carbocycles. The Morgan fingerprint density at radius 3 is 2.50 bits per heavy atom. The second-order valence-electron chi connectivity index (χ2n) is 7.25. The third-order valence-electron chi connectivity index (χ3n) is 5.12. The number of pyridine rings is 1. The lowest BCUT2D eigenvalue weighted by Crippen LogP contribution is -2.43. The van der Waals surface area contributed by atoms with Gasteiger partial charge in [0.05, 0.1) is 12.5 Å². The van der Waals surface area contributed by atoms with Crippen molar-refractivity contribution in [3.63, 3.8) is 0 Å². The Morgan fingerprint density at radius 1 is 1.07 bits per heavy atom. The quantitative estimate of drug-likeness (QED) is 0.746. The largest absolute Gasteiger partial charge is 0.352 e. The minimum atomic E-state index is -0.436. The second kappa shape index (κ2) is 10.2. The van der Waals surface area contributed by atoms with Crippen LogP contribution < -0.4 is 10.6 Å². The summed E-state index contributed by atoms with van der Waals surface area (Å²) >= 11 is 5.99. The maximum absolute atomic E-state index is 12.9. The van der Waals surface area contributed by atoms with Gasteiger partial charge in [0.2, 0.25) is 11.8 Å². The summed E-state index contributed by atoms with van der Waals surface area (Å²) < 4.78 is 0. The fraction of sp³-hybridized carbons (Fsp3) is 0.409. The van der Waals surface area contributed by atoms with Crippen molar-refractivity contribution in [3.05, 3.63) is 64.9 Å². The van der Waals surface area contributed by atoms with Crippen molar-refractivity contribution in [3.8, 4) is 0 Å². The number of rotatable bonds is 7. The van der Waals surface area contributed by atoms with Crippen molar-refractivity contribution in [2.75, 3.05) is 6.54 Å². The van der Waals surface area contributed by atoms with Gasteiger partial charge in [0.25, 0.3) is 0 Å². The van der Waals surface area contributed by atoms with Crippen molar-refractivity contribution in [1.29, 1.82) is 0 Å². The molecular weight excluding hydrogens is 374 g/mol. The van der Waals surface area contributed by atoms with Crippen molar-refractivity contribution in [2.24, 2.45) is 0 Å². The van der Waals surface area contributed by atoms with Crippen molar-refractivity contribution >= 4 is 23.4 Å². The molecule has 1 fully saturated rings. The van der Waals surface area contributed by atoms with Crippen molar-refractivity contribution < 1.29 is 9.59 Å². The maximum atomic E-state index is 12.9. The number of nitrogens with zero attached hydrogens (tertiary/aromatic N) is 1. The molecule has 0 saturated heterocycles. The summed E-state index contributed by atoms with van der Waals surface area (Å²) in [6.45, 7) is -0.0123. The predicted molar refractivity (Wildman–Crippen MR) is 110 cm³/mol. The highest BCUT2D eigenvalue weighted by Gasteiger charge is 2.23. The summed E-state index contributed by atoms with van der Waals surface area (Å²) in [6.07, 6.45) is 7.75. The molecule has 1 unspecified atom stereocenters. The van der Waals surface area contributed by atoms with Gasteiger partial charge < -0.3 is 10.6 Å². The fourth-order valence-electron chi connectivity index (χ4n) is 3.60. The third-order valence-corrected chi connectivity index (χ3v) is 5.37. The minimum Gasteiger partial charge on any atom is -0.352 e. The Labute approximate surface area is 170 Å². The maximum Gasteiger partial charge on any atom is 0.239 e. The van der Waals surface area contributed by atoms with Crippen molar-refractivity contribution in [2.45, 2.75) is 50.5 Å². The van der Waals surface area contributed by atoms with Crippen LogP contribution in [0.2, 0.25) is 5.02 Å². The van der Waals surface area contributed by atoms with E-state index in [-0.39, 0.29) is 24.4 Å². The molecule has 0 spiro atoms. The number of nitrogens with one attached hydrogen (secondary N) is 2. The SMILES string of the molecule is O=C(CNC(=O)C(Cc1ccccn1)c1ccc(Cl)cc1)NC1CCCCC1. The smallest absolute Gasteiger partial charge is 0.239 e. The van der Waals surface area contributed by atoms with Gasteiger partial charge in [0, 0.05) is 29.4 Å². The van der Waals surface area contributed by atoms with Crippen LogP contribution in [0.15, 0.2) is 48.7 Å². The number of hydrogen-bond acceptors (Lipinski definition) is 3. The summed E-state index contributed by atoms with van der Waals surface area (Å²) in [5.41, 5.74) is 1.67. The van der Waals surface area contributed by atoms with Crippen LogP contribution >= 0.6 is 11.6 Å². The summed E-state index contributed by atoms with van der Waals surface area (Å²) in [5, 5.41) is 6.44. The molecule has 2 aromatic rings. The van der Waals surface area contributed by atoms with Gasteiger partial charge >= 0.3 is 0 Å². The van der Waals surface area contributed by atoms with E-state index in [1.165, 1.54) is 6.42 Å². The molecule has 6 heteroatoms. The van der Waals surface area contributed by atoms with Crippen LogP contribution in [0.1, 0.15) is 49.3 Å². The lowest BCUT2D eigenvalue weighted by Gasteiger charge is -2.23. The van der Waals surface area contributed by atoms with E-state index in [0.29, 0.717) is 11.4 Å². The average Bonchev–Trinajstić information content (AvgIpc) is 2.72. The van der Waals surface area contributed by atoms with E-state index in [1.807, 2.05) is 30.3 Å². The first-order valence-electron chi connectivity index (χ1n) is 9.84. The molecule has 1 aromatic heterocycles. The standard InChI is InChI=1S/C22H26ClN3O2/c23-17-11-9-16(10-12-17)20(14-19-8-4-5-13-24-19)22(28)25-15-21(27)26-18-6-2-1-3-7-18/h4-5,8-13,18,20H,1-3,6-7,14-15H2,(H,25,28)(H,26,27). The number of benzene rings is 1. The zero-order valence-corrected chi connectivity index (χ0v) is 16.6. The highest BCUT2D eigenvalue weighted by Crippen LogP contribution is 2.22. The van der Waals surface area contributed by atoms with Gasteiger partial charge in [0.1, 0.15) is 0 Å². The van der Waals surface area contributed by atoms with Crippen molar-refractivity contribution in [1.82, 2.24) is 15.6 Å². The average molecular weight is 400 g/mol. The first-order chi connectivity index (χ1) is 13.6. The number of hydrogen-bond donors (Lipinski definition) is 2. The topological polar surface area (TPSA) is 71.1 Å². The molecule has 5 nitrogen and oxygen atoms in total. The van der Waals surface area contributed by atoms with Crippen LogP contribution in [-0.2, 0) is 16.0 Å². The lowest BCUT2D eigenvalue weighted by molar-refractivity contribution is -0.127. The molecule has 2 amide bonds. The molecule has 0 radical (unpaired) electrons. The Kier molecular flexibility index (Phi) is 7.43. The van der Waals surface area contributed by atoms with Gasteiger partial charge in [-0.3, -0.25) is 14.6 Å². The summed E-state index contributed by atoms with van der Waals surface area (Å²) in [7, 11) is 0. The number of carbonyl (C=O) groups is 2. The van der Waals surface area contributed by atoms with Crippen LogP contribution in [0.5, 0.6) is 0 Å². The zero-order valence-electron chi connectivity index (χ0n) is 15.9. The van der Waals surface area contributed by atoms with E-state index in [0.717, 1.165) is 36.9 Å². The summed E-state index contributed by atoms with van der Waals surface area (Å²) in [6, 6.07) is 13.1. The highest BCUT2D eigenvalue weighted by atomic mass is 35.5. The van der Waals surface area contributed by atoms with Crippen LogP contribution in [0.25, 0.3) is 0 Å². The van der Waals surface area contributed by atoms with Gasteiger partial charge in [-0.05, 0) is 42.7 Å². The molecule has 0 aliphatic heterocycles. The van der Waals surface area contributed by atoms with E-state index >= 15 is 0 Å². The number of halogens is 1. The van der Waals surface area contributed by atoms with E-state index < -0.39 is 5.92 Å². The number of amides is 2. The van der Waals surface area contributed by atoms with Crippen LogP contribution in [0, 0.1) is 0 Å². The monoisotopic (exact) mass is 399 g/mol. The van der Waals surface area contributed by atoms with E-state index in [2.05, 4.69) is 15.6 Å². The van der Waals surface area contributed by atoms with Crippen LogP contribution in [0.3, 0.4) is 0 Å². The Balaban J connectivity index is 1.62. The normalized spacial score (nSPS) is 15.6. The molecule has 1 atom stereocenters. The third kappa shape index (κ3) is 6.06.